The van der Waals surface area contributed by atoms with Crippen LogP contribution in [0.4, 0.5) is 5.69 Å². The summed E-state index contributed by atoms with van der Waals surface area (Å²) in [5.74, 6) is -0.321. The molecular formula is C22H21ClN2O3S. The summed E-state index contributed by atoms with van der Waals surface area (Å²) in [5.41, 5.74) is 1.89. The van der Waals surface area contributed by atoms with Gasteiger partial charge in [-0.05, 0) is 54.4 Å². The fourth-order valence-corrected chi connectivity index (χ4v) is 4.17. The Morgan fingerprint density at radius 3 is 2.34 bits per heavy atom. The van der Waals surface area contributed by atoms with Gasteiger partial charge in [0.25, 0.3) is 15.9 Å². The molecule has 3 aromatic carbocycles. The lowest BCUT2D eigenvalue weighted by molar-refractivity contribution is 0.0954. The molecule has 3 rings (SSSR count). The minimum Gasteiger partial charge on any atom is -0.352 e. The number of para-hydroxylation sites is 1. The zero-order chi connectivity index (χ0) is 20.9. The van der Waals surface area contributed by atoms with Crippen LogP contribution in [0.15, 0.2) is 83.8 Å². The number of halogens is 1. The number of hydrogen-bond acceptors (Lipinski definition) is 3. The van der Waals surface area contributed by atoms with Gasteiger partial charge in [0.2, 0.25) is 0 Å². The normalized spacial score (nSPS) is 11.1. The molecule has 0 heterocycles. The first-order valence-electron chi connectivity index (χ1n) is 9.04. The number of benzene rings is 3. The van der Waals surface area contributed by atoms with E-state index in [1.54, 1.807) is 48.5 Å². The smallest absolute Gasteiger partial charge is 0.264 e. The minimum atomic E-state index is -3.77. The molecule has 150 valence electrons. The number of amides is 1. The molecule has 0 aliphatic rings. The summed E-state index contributed by atoms with van der Waals surface area (Å²) >= 11 is 5.87. The number of carbonyl (C=O) groups excluding carboxylic acids is 1. The van der Waals surface area contributed by atoms with E-state index >= 15 is 0 Å². The van der Waals surface area contributed by atoms with E-state index in [2.05, 4.69) is 5.32 Å². The summed E-state index contributed by atoms with van der Waals surface area (Å²) in [5, 5.41) is 3.48. The van der Waals surface area contributed by atoms with Crippen LogP contribution >= 0.6 is 11.6 Å². The lowest BCUT2D eigenvalue weighted by Crippen LogP contribution is -2.28. The van der Waals surface area contributed by atoms with Crippen molar-refractivity contribution >= 4 is 33.2 Å². The van der Waals surface area contributed by atoms with E-state index in [9.17, 15) is 13.2 Å². The molecule has 1 N–H and O–H groups in total. The van der Waals surface area contributed by atoms with Gasteiger partial charge in [-0.1, -0.05) is 48.0 Å². The predicted octanol–water partition coefficient (Wildman–Crippen LogP) is 4.14. The van der Waals surface area contributed by atoms with Crippen LogP contribution < -0.4 is 9.62 Å². The quantitative estimate of drug-likeness (QED) is 0.615. The fraction of sp³-hybridized carbons (Fsp3) is 0.136. The molecule has 0 aromatic heterocycles. The molecule has 5 nitrogen and oxygen atoms in total. The highest BCUT2D eigenvalue weighted by Crippen LogP contribution is 2.22. The fourth-order valence-electron chi connectivity index (χ4n) is 2.81. The monoisotopic (exact) mass is 428 g/mol. The number of rotatable bonds is 7. The zero-order valence-corrected chi connectivity index (χ0v) is 17.5. The number of hydrogen-bond donors (Lipinski definition) is 1. The molecule has 0 unspecified atom stereocenters. The van der Waals surface area contributed by atoms with Gasteiger partial charge in [0.1, 0.15) is 0 Å². The van der Waals surface area contributed by atoms with E-state index in [4.69, 9.17) is 11.6 Å². The maximum Gasteiger partial charge on any atom is 0.264 e. The van der Waals surface area contributed by atoms with Crippen molar-refractivity contribution < 1.29 is 13.2 Å². The van der Waals surface area contributed by atoms with Crippen LogP contribution in [0.2, 0.25) is 5.02 Å². The van der Waals surface area contributed by atoms with Crippen molar-refractivity contribution in [3.8, 4) is 0 Å². The average molecular weight is 429 g/mol. The Bertz CT molecular complexity index is 1080. The standard InChI is InChI=1S/C22H21ClN2O3S/c1-25(20-7-3-2-4-8-20)29(27,28)21-9-5-6-18(16-21)22(26)24-15-14-17-10-12-19(23)13-11-17/h2-13,16H,14-15H2,1H3,(H,24,26). The highest BCUT2D eigenvalue weighted by Gasteiger charge is 2.22. The van der Waals surface area contributed by atoms with E-state index < -0.39 is 10.0 Å². The summed E-state index contributed by atoms with van der Waals surface area (Å²) in [6.45, 7) is 0.432. The predicted molar refractivity (Wildman–Crippen MR) is 116 cm³/mol. The largest absolute Gasteiger partial charge is 0.352 e. The topological polar surface area (TPSA) is 66.5 Å². The second kappa shape index (κ2) is 9.11. The van der Waals surface area contributed by atoms with Gasteiger partial charge in [0.15, 0.2) is 0 Å². The average Bonchev–Trinajstić information content (AvgIpc) is 2.75. The molecule has 3 aromatic rings. The maximum absolute atomic E-state index is 12.9. The van der Waals surface area contributed by atoms with Crippen LogP contribution in [-0.4, -0.2) is 27.9 Å². The SMILES string of the molecule is CN(c1ccccc1)S(=O)(=O)c1cccc(C(=O)NCCc2ccc(Cl)cc2)c1. The Hall–Kier alpha value is -2.83. The summed E-state index contributed by atoms with van der Waals surface area (Å²) in [6, 6.07) is 22.2. The number of nitrogens with zero attached hydrogens (tertiary/aromatic N) is 1. The second-order valence-electron chi connectivity index (χ2n) is 6.47. The highest BCUT2D eigenvalue weighted by atomic mass is 35.5. The molecule has 0 bridgehead atoms. The van der Waals surface area contributed by atoms with Crippen LogP contribution in [-0.2, 0) is 16.4 Å². The van der Waals surface area contributed by atoms with Crippen molar-refractivity contribution in [2.75, 3.05) is 17.9 Å². The van der Waals surface area contributed by atoms with Gasteiger partial charge in [-0.3, -0.25) is 9.10 Å². The Kier molecular flexibility index (Phi) is 6.56. The summed E-state index contributed by atoms with van der Waals surface area (Å²) in [7, 11) is -2.29. The molecule has 0 saturated heterocycles. The number of anilines is 1. The van der Waals surface area contributed by atoms with Crippen LogP contribution in [0, 0.1) is 0 Å². The van der Waals surface area contributed by atoms with Gasteiger partial charge in [0, 0.05) is 24.2 Å². The first kappa shape index (κ1) is 20.9. The van der Waals surface area contributed by atoms with Crippen LogP contribution in [0.25, 0.3) is 0 Å². The molecule has 0 radical (unpaired) electrons. The Balaban J connectivity index is 1.69. The summed E-state index contributed by atoms with van der Waals surface area (Å²) < 4.78 is 27.0. The van der Waals surface area contributed by atoms with Gasteiger partial charge in [-0.15, -0.1) is 0 Å². The van der Waals surface area contributed by atoms with Gasteiger partial charge in [-0.25, -0.2) is 8.42 Å². The van der Waals surface area contributed by atoms with Crippen molar-refractivity contribution in [3.63, 3.8) is 0 Å². The van der Waals surface area contributed by atoms with E-state index in [1.807, 2.05) is 18.2 Å². The third kappa shape index (κ3) is 5.16. The molecule has 7 heteroatoms. The van der Waals surface area contributed by atoms with Gasteiger partial charge in [-0.2, -0.15) is 0 Å². The Morgan fingerprint density at radius 2 is 1.66 bits per heavy atom. The lowest BCUT2D eigenvalue weighted by Gasteiger charge is -2.19. The van der Waals surface area contributed by atoms with Gasteiger partial charge in [0.05, 0.1) is 10.6 Å². The third-order valence-corrected chi connectivity index (χ3v) is 6.52. The summed E-state index contributed by atoms with van der Waals surface area (Å²) in [6.07, 6.45) is 0.650. The van der Waals surface area contributed by atoms with Crippen LogP contribution in [0.1, 0.15) is 15.9 Å². The Morgan fingerprint density at radius 1 is 0.966 bits per heavy atom. The van der Waals surface area contributed by atoms with E-state index in [-0.39, 0.29) is 10.8 Å². The molecule has 0 aliphatic heterocycles. The minimum absolute atomic E-state index is 0.0641. The number of sulfonamides is 1. The lowest BCUT2D eigenvalue weighted by atomic mass is 10.1. The van der Waals surface area contributed by atoms with Crippen molar-refractivity contribution in [2.45, 2.75) is 11.3 Å². The van der Waals surface area contributed by atoms with Crippen molar-refractivity contribution in [1.29, 1.82) is 0 Å². The molecule has 0 spiro atoms. The maximum atomic E-state index is 12.9. The van der Waals surface area contributed by atoms with Crippen LogP contribution in [0.5, 0.6) is 0 Å². The Labute approximate surface area is 176 Å². The molecule has 0 saturated carbocycles. The van der Waals surface area contributed by atoms with E-state index in [0.717, 1.165) is 5.56 Å². The van der Waals surface area contributed by atoms with Gasteiger partial charge >= 0.3 is 0 Å². The second-order valence-corrected chi connectivity index (χ2v) is 8.87. The number of nitrogens with one attached hydrogen (secondary N) is 1. The van der Waals surface area contributed by atoms with Crippen molar-refractivity contribution in [3.05, 3.63) is 95.0 Å². The first-order valence-corrected chi connectivity index (χ1v) is 10.9. The molecular weight excluding hydrogens is 408 g/mol. The van der Waals surface area contributed by atoms with Crippen LogP contribution in [0.3, 0.4) is 0 Å². The summed E-state index contributed by atoms with van der Waals surface area (Å²) in [4.78, 5) is 12.5. The van der Waals surface area contributed by atoms with Crippen molar-refractivity contribution in [2.24, 2.45) is 0 Å². The molecule has 0 aliphatic carbocycles. The van der Waals surface area contributed by atoms with Crippen molar-refractivity contribution in [1.82, 2.24) is 5.32 Å². The molecule has 1 amide bonds. The highest BCUT2D eigenvalue weighted by molar-refractivity contribution is 7.92. The van der Waals surface area contributed by atoms with E-state index in [1.165, 1.54) is 23.5 Å². The molecule has 0 atom stereocenters. The molecule has 0 fully saturated rings. The zero-order valence-electron chi connectivity index (χ0n) is 15.9. The van der Waals surface area contributed by atoms with Gasteiger partial charge < -0.3 is 5.32 Å². The third-order valence-electron chi connectivity index (χ3n) is 4.49. The molecule has 29 heavy (non-hydrogen) atoms. The number of carbonyl (C=O) groups is 1. The first-order chi connectivity index (χ1) is 13.9. The van der Waals surface area contributed by atoms with E-state index in [0.29, 0.717) is 29.2 Å².